The van der Waals surface area contributed by atoms with E-state index >= 15 is 0 Å². The molecule has 0 spiro atoms. The zero-order valence-electron chi connectivity index (χ0n) is 11.5. The molecule has 0 bridgehead atoms. The summed E-state index contributed by atoms with van der Waals surface area (Å²) in [4.78, 5) is 2.54. The minimum atomic E-state index is 0.164. The van der Waals surface area contributed by atoms with Gasteiger partial charge in [0.2, 0.25) is 5.16 Å². The number of benzene rings is 1. The zero-order chi connectivity index (χ0) is 14.7. The van der Waals surface area contributed by atoms with E-state index in [1.807, 2.05) is 30.3 Å². The molecule has 1 aromatic carbocycles. The second-order valence-corrected chi connectivity index (χ2v) is 6.99. The molecule has 2 heterocycles. The lowest BCUT2D eigenvalue weighted by Gasteiger charge is -2.12. The average molecular weight is 317 g/mol. The fraction of sp³-hybridized carbons (Fsp3) is 0.214. The number of tetrazole rings is 1. The number of hydrogen-bond acceptors (Lipinski definition) is 6. The van der Waals surface area contributed by atoms with Gasteiger partial charge in [-0.2, -0.15) is 4.68 Å². The topological polar surface area (TPSA) is 69.6 Å². The molecule has 0 saturated carbocycles. The van der Waals surface area contributed by atoms with Gasteiger partial charge >= 0.3 is 0 Å². The van der Waals surface area contributed by atoms with Crippen LogP contribution in [0.4, 0.5) is 0 Å². The number of rotatable bonds is 5. The van der Waals surface area contributed by atoms with E-state index in [1.165, 1.54) is 9.75 Å². The predicted molar refractivity (Wildman–Crippen MR) is 85.9 cm³/mol. The maximum absolute atomic E-state index is 5.93. The summed E-state index contributed by atoms with van der Waals surface area (Å²) in [5.41, 5.74) is 6.87. The highest BCUT2D eigenvalue weighted by atomic mass is 32.2. The van der Waals surface area contributed by atoms with E-state index in [0.29, 0.717) is 6.54 Å². The number of aryl methyl sites for hydroxylation is 1. The van der Waals surface area contributed by atoms with E-state index in [4.69, 9.17) is 5.73 Å². The summed E-state index contributed by atoms with van der Waals surface area (Å²) in [5, 5.41) is 12.9. The first-order valence-electron chi connectivity index (χ1n) is 6.55. The molecule has 2 N–H and O–H groups in total. The third kappa shape index (κ3) is 3.15. The van der Waals surface area contributed by atoms with Crippen molar-refractivity contribution in [2.24, 2.45) is 5.73 Å². The van der Waals surface area contributed by atoms with Crippen LogP contribution in [0.2, 0.25) is 0 Å². The molecule has 0 aliphatic carbocycles. The Bertz CT molecular complexity index is 707. The van der Waals surface area contributed by atoms with Crippen molar-refractivity contribution in [3.05, 3.63) is 52.2 Å². The average Bonchev–Trinajstić information content (AvgIpc) is 3.14. The second kappa shape index (κ2) is 6.38. The van der Waals surface area contributed by atoms with E-state index in [9.17, 15) is 0 Å². The number of thioether (sulfide) groups is 1. The Morgan fingerprint density at radius 1 is 1.24 bits per heavy atom. The Morgan fingerprint density at radius 2 is 2.05 bits per heavy atom. The smallest absolute Gasteiger partial charge is 0.214 e. The van der Waals surface area contributed by atoms with Crippen molar-refractivity contribution >= 4 is 23.1 Å². The van der Waals surface area contributed by atoms with Crippen LogP contribution in [-0.2, 0) is 0 Å². The van der Waals surface area contributed by atoms with Gasteiger partial charge in [-0.25, -0.2) is 0 Å². The maximum Gasteiger partial charge on any atom is 0.214 e. The fourth-order valence-electron chi connectivity index (χ4n) is 1.96. The van der Waals surface area contributed by atoms with Gasteiger partial charge in [-0.15, -0.1) is 16.4 Å². The van der Waals surface area contributed by atoms with E-state index in [1.54, 1.807) is 27.8 Å². The molecular formula is C14H15N5S2. The summed E-state index contributed by atoms with van der Waals surface area (Å²) in [7, 11) is 0. The van der Waals surface area contributed by atoms with Crippen molar-refractivity contribution in [2.45, 2.75) is 17.3 Å². The molecule has 0 aliphatic rings. The van der Waals surface area contributed by atoms with E-state index in [-0.39, 0.29) is 5.25 Å². The van der Waals surface area contributed by atoms with Crippen molar-refractivity contribution < 1.29 is 0 Å². The number of nitrogens with two attached hydrogens (primary N) is 1. The lowest BCUT2D eigenvalue weighted by atomic mass is 10.3. The number of aromatic nitrogens is 4. The van der Waals surface area contributed by atoms with Crippen LogP contribution in [0.1, 0.15) is 15.0 Å². The molecule has 0 amide bonds. The van der Waals surface area contributed by atoms with E-state index in [2.05, 4.69) is 34.6 Å². The van der Waals surface area contributed by atoms with Crippen LogP contribution >= 0.6 is 23.1 Å². The molecule has 0 saturated heterocycles. The maximum atomic E-state index is 5.93. The quantitative estimate of drug-likeness (QED) is 0.733. The Morgan fingerprint density at radius 3 is 2.71 bits per heavy atom. The van der Waals surface area contributed by atoms with Gasteiger partial charge in [-0.3, -0.25) is 0 Å². The van der Waals surface area contributed by atoms with Gasteiger partial charge in [0.1, 0.15) is 0 Å². The molecule has 3 rings (SSSR count). The molecule has 7 heteroatoms. The molecule has 1 unspecified atom stereocenters. The van der Waals surface area contributed by atoms with E-state index in [0.717, 1.165) is 10.8 Å². The molecule has 21 heavy (non-hydrogen) atoms. The molecule has 3 aromatic rings. The molecule has 1 atom stereocenters. The predicted octanol–water partition coefficient (Wildman–Crippen LogP) is 2.82. The first-order valence-corrected chi connectivity index (χ1v) is 8.24. The molecule has 108 valence electrons. The van der Waals surface area contributed by atoms with Crippen LogP contribution in [0, 0.1) is 6.92 Å². The molecule has 0 aliphatic heterocycles. The lowest BCUT2D eigenvalue weighted by molar-refractivity contribution is 0.754. The van der Waals surface area contributed by atoms with Gasteiger partial charge < -0.3 is 5.73 Å². The van der Waals surface area contributed by atoms with E-state index < -0.39 is 0 Å². The number of hydrogen-bond donors (Lipinski definition) is 1. The minimum Gasteiger partial charge on any atom is -0.329 e. The highest BCUT2D eigenvalue weighted by Gasteiger charge is 2.18. The van der Waals surface area contributed by atoms with Gasteiger partial charge in [0.05, 0.1) is 10.9 Å². The van der Waals surface area contributed by atoms with Gasteiger partial charge in [-0.05, 0) is 41.6 Å². The van der Waals surface area contributed by atoms with Crippen molar-refractivity contribution in [2.75, 3.05) is 6.54 Å². The van der Waals surface area contributed by atoms with Gasteiger partial charge in [0, 0.05) is 16.3 Å². The molecule has 0 fully saturated rings. The Balaban J connectivity index is 1.87. The third-order valence-electron chi connectivity index (χ3n) is 2.98. The van der Waals surface area contributed by atoms with Crippen LogP contribution in [0.25, 0.3) is 5.69 Å². The number of nitrogens with zero attached hydrogens (tertiary/aromatic N) is 4. The van der Waals surface area contributed by atoms with Crippen LogP contribution in [0.15, 0.2) is 47.6 Å². The first-order chi connectivity index (χ1) is 10.3. The van der Waals surface area contributed by atoms with Gasteiger partial charge in [0.15, 0.2) is 0 Å². The highest BCUT2D eigenvalue weighted by Crippen LogP contribution is 2.36. The first kappa shape index (κ1) is 14.2. The Labute approximate surface area is 131 Å². The van der Waals surface area contributed by atoms with Crippen LogP contribution in [0.3, 0.4) is 0 Å². The van der Waals surface area contributed by atoms with Gasteiger partial charge in [0.25, 0.3) is 0 Å². The SMILES string of the molecule is Cc1ccc(C(CN)Sc2nnnn2-c2ccccc2)s1. The summed E-state index contributed by atoms with van der Waals surface area (Å²) < 4.78 is 1.74. The normalized spacial score (nSPS) is 12.5. The summed E-state index contributed by atoms with van der Waals surface area (Å²) in [6.45, 7) is 2.65. The number of thiophene rings is 1. The highest BCUT2D eigenvalue weighted by molar-refractivity contribution is 7.99. The molecule has 5 nitrogen and oxygen atoms in total. The summed E-state index contributed by atoms with van der Waals surface area (Å²) in [5.74, 6) is 0. The standard InChI is InChI=1S/C14H15N5S2/c1-10-7-8-12(20-10)13(9-15)21-14-16-17-18-19(14)11-5-3-2-4-6-11/h2-8,13H,9,15H2,1H3. The van der Waals surface area contributed by atoms with Crippen molar-refractivity contribution in [1.29, 1.82) is 0 Å². The van der Waals surface area contributed by atoms with Crippen LogP contribution in [0.5, 0.6) is 0 Å². The van der Waals surface area contributed by atoms with Crippen LogP contribution < -0.4 is 5.73 Å². The Hall–Kier alpha value is -1.70. The largest absolute Gasteiger partial charge is 0.329 e. The number of para-hydroxylation sites is 1. The zero-order valence-corrected chi connectivity index (χ0v) is 13.1. The molecular weight excluding hydrogens is 302 g/mol. The summed E-state index contributed by atoms with van der Waals surface area (Å²) in [6.07, 6.45) is 0. The molecule has 2 aromatic heterocycles. The lowest BCUT2D eigenvalue weighted by Crippen LogP contribution is -2.09. The molecule has 0 radical (unpaired) electrons. The third-order valence-corrected chi connectivity index (χ3v) is 5.44. The van der Waals surface area contributed by atoms with Gasteiger partial charge in [-0.1, -0.05) is 30.0 Å². The Kier molecular flexibility index (Phi) is 4.33. The second-order valence-electron chi connectivity index (χ2n) is 4.50. The van der Waals surface area contributed by atoms with Crippen molar-refractivity contribution in [1.82, 2.24) is 20.2 Å². The minimum absolute atomic E-state index is 0.164. The van der Waals surface area contributed by atoms with Crippen LogP contribution in [-0.4, -0.2) is 26.8 Å². The van der Waals surface area contributed by atoms with Crippen molar-refractivity contribution in [3.8, 4) is 5.69 Å². The fourth-order valence-corrected chi connectivity index (χ4v) is 3.99. The summed E-state index contributed by atoms with van der Waals surface area (Å²) in [6, 6.07) is 14.1. The van der Waals surface area contributed by atoms with Crippen molar-refractivity contribution in [3.63, 3.8) is 0 Å². The summed E-state index contributed by atoms with van der Waals surface area (Å²) >= 11 is 3.36. The monoisotopic (exact) mass is 317 g/mol.